The number of hydrogen-bond donors (Lipinski definition) is 0. The molecule has 9 heteroatoms. The van der Waals surface area contributed by atoms with Crippen LogP contribution in [0.4, 0.5) is 5.69 Å². The van der Waals surface area contributed by atoms with Gasteiger partial charge in [-0.05, 0) is 51.0 Å². The number of hydrogen-bond acceptors (Lipinski definition) is 7. The van der Waals surface area contributed by atoms with Crippen molar-refractivity contribution in [3.05, 3.63) is 69.8 Å². The van der Waals surface area contributed by atoms with Crippen LogP contribution < -0.4 is 9.47 Å². The number of rotatable bonds is 7. The molecular formula is C28H30N2O6S. The van der Waals surface area contributed by atoms with Crippen molar-refractivity contribution >= 4 is 34.1 Å². The monoisotopic (exact) mass is 522 g/mol. The van der Waals surface area contributed by atoms with Crippen molar-refractivity contribution in [2.24, 2.45) is 0 Å². The first-order valence-corrected chi connectivity index (χ1v) is 13.5. The lowest BCUT2D eigenvalue weighted by molar-refractivity contribution is -0.384. The van der Waals surface area contributed by atoms with Gasteiger partial charge in [0.25, 0.3) is 11.6 Å². The average Bonchev–Trinajstić information content (AvgIpc) is 2.90. The van der Waals surface area contributed by atoms with Gasteiger partial charge in [0.15, 0.2) is 0 Å². The van der Waals surface area contributed by atoms with Gasteiger partial charge in [0, 0.05) is 57.8 Å². The highest BCUT2D eigenvalue weighted by atomic mass is 32.2. The molecule has 1 saturated heterocycles. The van der Waals surface area contributed by atoms with Crippen LogP contribution in [0.3, 0.4) is 0 Å². The van der Waals surface area contributed by atoms with E-state index >= 15 is 0 Å². The number of benzene rings is 3. The highest BCUT2D eigenvalue weighted by molar-refractivity contribution is 7.99. The van der Waals surface area contributed by atoms with Gasteiger partial charge in [-0.3, -0.25) is 14.9 Å². The van der Waals surface area contributed by atoms with Crippen molar-refractivity contribution < 1.29 is 23.9 Å². The molecule has 0 spiro atoms. The molecule has 0 atom stereocenters. The Morgan fingerprint density at radius 1 is 1.14 bits per heavy atom. The summed E-state index contributed by atoms with van der Waals surface area (Å²) in [4.78, 5) is 26.9. The van der Waals surface area contributed by atoms with Crippen LogP contribution >= 0.6 is 11.8 Å². The van der Waals surface area contributed by atoms with E-state index in [0.29, 0.717) is 50.0 Å². The summed E-state index contributed by atoms with van der Waals surface area (Å²) in [5.41, 5.74) is 1.40. The van der Waals surface area contributed by atoms with E-state index in [9.17, 15) is 14.9 Å². The summed E-state index contributed by atoms with van der Waals surface area (Å²) in [6.45, 7) is 6.85. The molecule has 0 bridgehead atoms. The zero-order chi connectivity index (χ0) is 26.0. The van der Waals surface area contributed by atoms with Gasteiger partial charge in [-0.15, -0.1) is 11.8 Å². The van der Waals surface area contributed by atoms with Gasteiger partial charge >= 0.3 is 0 Å². The van der Waals surface area contributed by atoms with E-state index in [1.54, 1.807) is 23.9 Å². The van der Waals surface area contributed by atoms with E-state index in [2.05, 4.69) is 13.8 Å². The summed E-state index contributed by atoms with van der Waals surface area (Å²) in [6, 6.07) is 14.4. The Kier molecular flexibility index (Phi) is 7.26. The van der Waals surface area contributed by atoms with Gasteiger partial charge in [0.05, 0.1) is 24.7 Å². The van der Waals surface area contributed by atoms with Gasteiger partial charge in [-0.1, -0.05) is 12.1 Å². The Balaban J connectivity index is 1.40. The number of non-ortho nitro benzene ring substituents is 1. The quantitative estimate of drug-likeness (QED) is 0.175. The molecule has 1 amide bonds. The fraction of sp³-hybridized carbons (Fsp3) is 0.393. The van der Waals surface area contributed by atoms with E-state index in [0.717, 1.165) is 39.8 Å². The van der Waals surface area contributed by atoms with Crippen molar-refractivity contribution in [2.45, 2.75) is 37.2 Å². The minimum absolute atomic E-state index is 0.00767. The highest BCUT2D eigenvalue weighted by Crippen LogP contribution is 2.43. The Labute approximate surface area is 220 Å². The summed E-state index contributed by atoms with van der Waals surface area (Å²) in [5, 5.41) is 12.7. The van der Waals surface area contributed by atoms with E-state index in [1.807, 2.05) is 29.2 Å². The first-order chi connectivity index (χ1) is 17.8. The Bertz CT molecular complexity index is 1320. The first-order valence-electron chi connectivity index (χ1n) is 12.5. The van der Waals surface area contributed by atoms with Gasteiger partial charge in [-0.2, -0.15) is 0 Å². The van der Waals surface area contributed by atoms with Gasteiger partial charge in [0.1, 0.15) is 17.1 Å². The summed E-state index contributed by atoms with van der Waals surface area (Å²) in [6.07, 6.45) is 1.62. The molecule has 0 N–H and O–H groups in total. The molecule has 194 valence electrons. The first kappa shape index (κ1) is 25.4. The number of nitrogens with zero attached hydrogens (tertiary/aromatic N) is 2. The Morgan fingerprint density at radius 3 is 2.62 bits per heavy atom. The van der Waals surface area contributed by atoms with Crippen molar-refractivity contribution in [3.63, 3.8) is 0 Å². The molecule has 0 unspecified atom stereocenters. The molecule has 3 aromatic carbocycles. The van der Waals surface area contributed by atoms with Crippen molar-refractivity contribution in [1.29, 1.82) is 0 Å². The number of thioether (sulfide) groups is 1. The molecule has 2 aliphatic heterocycles. The minimum atomic E-state index is -0.403. The molecule has 2 aliphatic rings. The molecular weight excluding hydrogens is 492 g/mol. The second-order valence-corrected chi connectivity index (χ2v) is 11.0. The topological polar surface area (TPSA) is 91.1 Å². The maximum atomic E-state index is 13.6. The molecule has 1 fully saturated rings. The fourth-order valence-electron chi connectivity index (χ4n) is 4.75. The van der Waals surface area contributed by atoms with E-state index < -0.39 is 4.92 Å². The Hall–Kier alpha value is -3.30. The summed E-state index contributed by atoms with van der Waals surface area (Å²) >= 11 is 1.57. The molecule has 37 heavy (non-hydrogen) atoms. The summed E-state index contributed by atoms with van der Waals surface area (Å²) in [5.74, 6) is 2.15. The molecule has 5 rings (SSSR count). The normalized spacial score (nSPS) is 16.6. The zero-order valence-electron chi connectivity index (χ0n) is 21.0. The van der Waals surface area contributed by atoms with Crippen molar-refractivity contribution in [1.82, 2.24) is 4.90 Å². The number of morpholine rings is 1. The van der Waals surface area contributed by atoms with Crippen LogP contribution in [0.5, 0.6) is 11.5 Å². The smallest absolute Gasteiger partial charge is 0.269 e. The third kappa shape index (κ3) is 5.52. The number of amides is 1. The third-order valence-corrected chi connectivity index (χ3v) is 7.72. The zero-order valence-corrected chi connectivity index (χ0v) is 21.8. The van der Waals surface area contributed by atoms with Gasteiger partial charge < -0.3 is 19.1 Å². The van der Waals surface area contributed by atoms with Crippen LogP contribution in [0.1, 0.15) is 36.2 Å². The van der Waals surface area contributed by atoms with Crippen LogP contribution in [-0.2, 0) is 11.2 Å². The molecule has 8 nitrogen and oxygen atoms in total. The second kappa shape index (κ2) is 10.6. The van der Waals surface area contributed by atoms with Gasteiger partial charge in [0.2, 0.25) is 0 Å². The Morgan fingerprint density at radius 2 is 1.89 bits per heavy atom. The number of carbonyl (C=O) groups is 1. The SMILES string of the molecule is CC1(C)CCc2c(C(=O)N3CCOCC3)cc3c(OCCSc4ccc([N+](=O)[O-])cc4)cccc3c2O1. The average molecular weight is 523 g/mol. The minimum Gasteiger partial charge on any atom is -0.492 e. The second-order valence-electron chi connectivity index (χ2n) is 9.80. The largest absolute Gasteiger partial charge is 0.492 e. The number of ether oxygens (including phenoxy) is 3. The molecule has 0 saturated carbocycles. The number of nitro groups is 1. The summed E-state index contributed by atoms with van der Waals surface area (Å²) < 4.78 is 18.1. The van der Waals surface area contributed by atoms with Crippen LogP contribution in [0, 0.1) is 10.1 Å². The molecule has 0 aromatic heterocycles. The summed E-state index contributed by atoms with van der Waals surface area (Å²) in [7, 11) is 0. The fourth-order valence-corrected chi connectivity index (χ4v) is 5.48. The maximum Gasteiger partial charge on any atom is 0.269 e. The predicted octanol–water partition coefficient (Wildman–Crippen LogP) is 5.50. The van der Waals surface area contributed by atoms with Crippen LogP contribution in [0.15, 0.2) is 53.4 Å². The van der Waals surface area contributed by atoms with E-state index in [4.69, 9.17) is 14.2 Å². The lowest BCUT2D eigenvalue weighted by Gasteiger charge is -2.35. The van der Waals surface area contributed by atoms with E-state index in [1.165, 1.54) is 12.1 Å². The molecule has 2 heterocycles. The molecule has 3 aromatic rings. The molecule has 0 aliphatic carbocycles. The number of carbonyl (C=O) groups excluding carboxylic acids is 1. The van der Waals surface area contributed by atoms with Crippen LogP contribution in [-0.4, -0.2) is 60.0 Å². The lowest BCUT2D eigenvalue weighted by atomic mass is 9.88. The highest BCUT2D eigenvalue weighted by Gasteiger charge is 2.33. The standard InChI is InChI=1S/C28H30N2O6S/c1-28(2)11-10-22-24(27(31)29-12-14-34-15-13-29)18-23-21(26(22)36-28)4-3-5-25(23)35-16-17-37-20-8-6-19(7-9-20)30(32)33/h3-9,18H,10-17H2,1-2H3. The predicted molar refractivity (Wildman–Crippen MR) is 143 cm³/mol. The maximum absolute atomic E-state index is 13.6. The van der Waals surface area contributed by atoms with Gasteiger partial charge in [-0.25, -0.2) is 0 Å². The number of nitro benzene ring substituents is 1. The molecule has 0 radical (unpaired) electrons. The van der Waals surface area contributed by atoms with Crippen LogP contribution in [0.2, 0.25) is 0 Å². The third-order valence-electron chi connectivity index (χ3n) is 6.74. The lowest BCUT2D eigenvalue weighted by Crippen LogP contribution is -2.41. The number of fused-ring (bicyclic) bond motifs is 3. The van der Waals surface area contributed by atoms with Crippen molar-refractivity contribution in [2.75, 3.05) is 38.7 Å². The van der Waals surface area contributed by atoms with Crippen LogP contribution in [0.25, 0.3) is 10.8 Å². The van der Waals surface area contributed by atoms with E-state index in [-0.39, 0.29) is 17.2 Å². The van der Waals surface area contributed by atoms with Crippen molar-refractivity contribution in [3.8, 4) is 11.5 Å².